The molecule has 0 amide bonds. The Kier molecular flexibility index (Phi) is 5.61. The lowest BCUT2D eigenvalue weighted by atomic mass is 9.93. The van der Waals surface area contributed by atoms with Crippen molar-refractivity contribution in [1.82, 2.24) is 4.90 Å². The summed E-state index contributed by atoms with van der Waals surface area (Å²) >= 11 is 5.92. The third kappa shape index (κ3) is 4.44. The summed E-state index contributed by atoms with van der Waals surface area (Å²) in [5, 5.41) is 9.48. The number of piperidine rings is 1. The van der Waals surface area contributed by atoms with E-state index in [4.69, 9.17) is 16.7 Å². The van der Waals surface area contributed by atoms with E-state index >= 15 is 0 Å². The van der Waals surface area contributed by atoms with Gasteiger partial charge in [0.2, 0.25) is 0 Å². The maximum Gasteiger partial charge on any atom is 0.127 e. The molecule has 0 radical (unpaired) electrons. The number of hydrogen-bond acceptors (Lipinski definition) is 2. The van der Waals surface area contributed by atoms with Crippen LogP contribution >= 0.6 is 11.6 Å². The minimum atomic E-state index is -0.179. The van der Waals surface area contributed by atoms with Gasteiger partial charge in [0.15, 0.2) is 0 Å². The van der Waals surface area contributed by atoms with Gasteiger partial charge in [-0.25, -0.2) is 4.39 Å². The molecule has 0 spiro atoms. The Morgan fingerprint density at radius 1 is 1.42 bits per heavy atom. The highest BCUT2D eigenvalue weighted by atomic mass is 35.5. The van der Waals surface area contributed by atoms with Crippen LogP contribution in [0.4, 0.5) is 4.39 Å². The highest BCUT2D eigenvalue weighted by Crippen LogP contribution is 2.24. The first kappa shape index (κ1) is 14.8. The number of likely N-dealkylation sites (tertiary alicyclic amines) is 1. The van der Waals surface area contributed by atoms with Crippen molar-refractivity contribution >= 4 is 11.6 Å². The molecular formula is C15H21ClFNO. The number of rotatable bonds is 5. The van der Waals surface area contributed by atoms with Gasteiger partial charge in [0.1, 0.15) is 5.82 Å². The summed E-state index contributed by atoms with van der Waals surface area (Å²) in [4.78, 5) is 2.29. The van der Waals surface area contributed by atoms with E-state index in [1.807, 2.05) is 0 Å². The summed E-state index contributed by atoms with van der Waals surface area (Å²) in [6.07, 6.45) is 4.29. The molecule has 4 heteroatoms. The topological polar surface area (TPSA) is 23.5 Å². The van der Waals surface area contributed by atoms with E-state index in [1.54, 1.807) is 12.1 Å². The molecule has 1 fully saturated rings. The second kappa shape index (κ2) is 7.22. The summed E-state index contributed by atoms with van der Waals surface area (Å²) in [7, 11) is 0. The molecule has 1 heterocycles. The van der Waals surface area contributed by atoms with E-state index in [1.165, 1.54) is 12.5 Å². The predicted octanol–water partition coefficient (Wildman–Crippen LogP) is 3.46. The molecule has 1 aromatic carbocycles. The highest BCUT2D eigenvalue weighted by molar-refractivity contribution is 6.30. The maximum absolute atomic E-state index is 13.7. The number of hydrogen-bond donors (Lipinski definition) is 1. The summed E-state index contributed by atoms with van der Waals surface area (Å²) in [6.45, 7) is 2.90. The normalized spacial score (nSPS) is 20.7. The van der Waals surface area contributed by atoms with Crippen LogP contribution in [-0.2, 0) is 6.54 Å². The quantitative estimate of drug-likeness (QED) is 0.895. The van der Waals surface area contributed by atoms with Gasteiger partial charge in [0.05, 0.1) is 0 Å². The molecule has 0 unspecified atom stereocenters. The average molecular weight is 286 g/mol. The number of halogens is 2. The van der Waals surface area contributed by atoms with Crippen molar-refractivity contribution in [3.63, 3.8) is 0 Å². The van der Waals surface area contributed by atoms with E-state index in [9.17, 15) is 4.39 Å². The van der Waals surface area contributed by atoms with E-state index in [0.29, 0.717) is 23.0 Å². The van der Waals surface area contributed by atoms with Crippen LogP contribution in [0.25, 0.3) is 0 Å². The SMILES string of the molecule is OCCC[C@H]1CCCN(Cc2cc(Cl)ccc2F)C1. The zero-order chi connectivity index (χ0) is 13.7. The fourth-order valence-electron chi connectivity index (χ4n) is 2.82. The van der Waals surface area contributed by atoms with Gasteiger partial charge in [0.25, 0.3) is 0 Å². The smallest absolute Gasteiger partial charge is 0.127 e. The molecule has 2 rings (SSSR count). The monoisotopic (exact) mass is 285 g/mol. The molecule has 1 N–H and O–H groups in total. The van der Waals surface area contributed by atoms with E-state index < -0.39 is 0 Å². The molecule has 106 valence electrons. The van der Waals surface area contributed by atoms with Crippen LogP contribution in [0, 0.1) is 11.7 Å². The van der Waals surface area contributed by atoms with Crippen molar-refractivity contribution in [2.45, 2.75) is 32.2 Å². The summed E-state index contributed by atoms with van der Waals surface area (Å²) in [6, 6.07) is 4.74. The van der Waals surface area contributed by atoms with E-state index in [0.717, 1.165) is 32.4 Å². The summed E-state index contributed by atoms with van der Waals surface area (Å²) < 4.78 is 13.7. The molecule has 1 aromatic rings. The van der Waals surface area contributed by atoms with E-state index in [2.05, 4.69) is 4.90 Å². The molecule has 1 aliphatic rings. The summed E-state index contributed by atoms with van der Waals surface area (Å²) in [5.74, 6) is 0.449. The van der Waals surface area contributed by atoms with Gasteiger partial charge >= 0.3 is 0 Å². The second-order valence-electron chi connectivity index (χ2n) is 5.34. The molecule has 1 saturated heterocycles. The van der Waals surface area contributed by atoms with Crippen LogP contribution in [0.5, 0.6) is 0 Å². The van der Waals surface area contributed by atoms with Crippen molar-refractivity contribution in [3.8, 4) is 0 Å². The fraction of sp³-hybridized carbons (Fsp3) is 0.600. The number of benzene rings is 1. The first-order valence-electron chi connectivity index (χ1n) is 6.96. The van der Waals surface area contributed by atoms with Gasteiger partial charge in [-0.05, 0) is 56.3 Å². The molecule has 2 nitrogen and oxygen atoms in total. The average Bonchev–Trinajstić information content (AvgIpc) is 2.41. The Morgan fingerprint density at radius 3 is 3.05 bits per heavy atom. The van der Waals surface area contributed by atoms with Crippen LogP contribution in [0.1, 0.15) is 31.2 Å². The minimum absolute atomic E-state index is 0.179. The molecule has 1 aliphatic heterocycles. The van der Waals surface area contributed by atoms with Gasteiger partial charge in [-0.3, -0.25) is 4.90 Å². The van der Waals surface area contributed by atoms with Crippen molar-refractivity contribution in [2.75, 3.05) is 19.7 Å². The van der Waals surface area contributed by atoms with Crippen LogP contribution in [0.15, 0.2) is 18.2 Å². The van der Waals surface area contributed by atoms with Gasteiger partial charge in [-0.15, -0.1) is 0 Å². The first-order valence-corrected chi connectivity index (χ1v) is 7.34. The van der Waals surface area contributed by atoms with Crippen molar-refractivity contribution in [2.24, 2.45) is 5.92 Å². The number of nitrogens with zero attached hydrogens (tertiary/aromatic N) is 1. The molecule has 19 heavy (non-hydrogen) atoms. The molecule has 0 saturated carbocycles. The molecule has 0 aliphatic carbocycles. The molecular weight excluding hydrogens is 265 g/mol. The lowest BCUT2D eigenvalue weighted by Crippen LogP contribution is -2.35. The van der Waals surface area contributed by atoms with Crippen molar-refractivity contribution in [1.29, 1.82) is 0 Å². The van der Waals surface area contributed by atoms with Crippen molar-refractivity contribution < 1.29 is 9.50 Å². The van der Waals surface area contributed by atoms with Gasteiger partial charge in [0, 0.05) is 30.3 Å². The maximum atomic E-state index is 13.7. The van der Waals surface area contributed by atoms with Gasteiger partial charge in [-0.2, -0.15) is 0 Å². The standard InChI is InChI=1S/C15H21ClFNO/c16-14-5-6-15(17)13(9-14)11-18-7-1-3-12(10-18)4-2-8-19/h5-6,9,12,19H,1-4,7-8,10-11H2/t12-/m1/s1. The predicted molar refractivity (Wildman–Crippen MR) is 75.7 cm³/mol. The number of aliphatic hydroxyl groups is 1. The van der Waals surface area contributed by atoms with E-state index in [-0.39, 0.29) is 12.4 Å². The largest absolute Gasteiger partial charge is 0.396 e. The summed E-state index contributed by atoms with van der Waals surface area (Å²) in [5.41, 5.74) is 0.676. The third-order valence-corrected chi connectivity index (χ3v) is 4.01. The zero-order valence-corrected chi connectivity index (χ0v) is 11.9. The minimum Gasteiger partial charge on any atom is -0.396 e. The lowest BCUT2D eigenvalue weighted by molar-refractivity contribution is 0.152. The number of aliphatic hydroxyl groups excluding tert-OH is 1. The Balaban J connectivity index is 1.93. The second-order valence-corrected chi connectivity index (χ2v) is 5.78. The Labute approximate surface area is 119 Å². The lowest BCUT2D eigenvalue weighted by Gasteiger charge is -2.32. The van der Waals surface area contributed by atoms with Gasteiger partial charge in [-0.1, -0.05) is 11.6 Å². The first-order chi connectivity index (χ1) is 9.19. The Bertz CT molecular complexity index is 413. The Hall–Kier alpha value is -0.640. The fourth-order valence-corrected chi connectivity index (χ4v) is 3.01. The van der Waals surface area contributed by atoms with Crippen LogP contribution in [0.3, 0.4) is 0 Å². The van der Waals surface area contributed by atoms with Gasteiger partial charge < -0.3 is 5.11 Å². The highest BCUT2D eigenvalue weighted by Gasteiger charge is 2.20. The molecule has 0 aromatic heterocycles. The van der Waals surface area contributed by atoms with Crippen molar-refractivity contribution in [3.05, 3.63) is 34.6 Å². The molecule has 1 atom stereocenters. The molecule has 0 bridgehead atoms. The third-order valence-electron chi connectivity index (χ3n) is 3.78. The van der Waals surface area contributed by atoms with Crippen LogP contribution < -0.4 is 0 Å². The zero-order valence-electron chi connectivity index (χ0n) is 11.1. The Morgan fingerprint density at radius 2 is 2.26 bits per heavy atom. The van der Waals surface area contributed by atoms with Crippen LogP contribution in [0.2, 0.25) is 5.02 Å². The van der Waals surface area contributed by atoms with Crippen LogP contribution in [-0.4, -0.2) is 29.7 Å².